The predicted molar refractivity (Wildman–Crippen MR) is 63.1 cm³/mol. The number of ether oxygens (including phenoxy) is 1. The summed E-state index contributed by atoms with van der Waals surface area (Å²) in [6.45, 7) is 3.82. The lowest BCUT2D eigenvalue weighted by atomic mass is 9.88. The van der Waals surface area contributed by atoms with Gasteiger partial charge in [-0.3, -0.25) is 9.78 Å². The van der Waals surface area contributed by atoms with Crippen molar-refractivity contribution in [2.24, 2.45) is 5.41 Å². The molecule has 0 aromatic carbocycles. The van der Waals surface area contributed by atoms with Crippen LogP contribution in [-0.4, -0.2) is 34.7 Å². The molecule has 6 nitrogen and oxygen atoms in total. The summed E-state index contributed by atoms with van der Waals surface area (Å²) in [6.07, 6.45) is 3.55. The summed E-state index contributed by atoms with van der Waals surface area (Å²) in [5.74, 6) is 0.0668. The Bertz CT molecular complexity index is 397. The summed E-state index contributed by atoms with van der Waals surface area (Å²) in [5.41, 5.74) is -0.815. The zero-order valence-electron chi connectivity index (χ0n) is 10.2. The average molecular weight is 239 g/mol. The lowest BCUT2D eigenvalue weighted by Gasteiger charge is -2.23. The number of aromatic nitrogens is 2. The average Bonchev–Trinajstić information content (AvgIpc) is 2.36. The van der Waals surface area contributed by atoms with E-state index in [0.29, 0.717) is 24.7 Å². The van der Waals surface area contributed by atoms with Crippen molar-refractivity contribution in [2.45, 2.75) is 20.3 Å². The minimum absolute atomic E-state index is 0.292. The van der Waals surface area contributed by atoms with Crippen molar-refractivity contribution in [1.29, 1.82) is 0 Å². The highest BCUT2D eigenvalue weighted by Gasteiger charge is 2.30. The smallest absolute Gasteiger partial charge is 0.311 e. The molecule has 0 spiro atoms. The van der Waals surface area contributed by atoms with E-state index in [1.807, 2.05) is 6.92 Å². The van der Waals surface area contributed by atoms with Crippen LogP contribution in [-0.2, 0) is 4.79 Å². The highest BCUT2D eigenvalue weighted by molar-refractivity contribution is 5.74. The summed E-state index contributed by atoms with van der Waals surface area (Å²) in [5, 5.41) is 12.1. The van der Waals surface area contributed by atoms with Gasteiger partial charge in [0.15, 0.2) is 0 Å². The molecule has 94 valence electrons. The molecule has 1 atom stereocenters. The molecule has 0 saturated heterocycles. The van der Waals surface area contributed by atoms with Crippen LogP contribution in [0.3, 0.4) is 0 Å². The Balaban J connectivity index is 2.69. The molecule has 0 saturated carbocycles. The van der Waals surface area contributed by atoms with E-state index in [1.165, 1.54) is 19.5 Å². The zero-order chi connectivity index (χ0) is 12.9. The second-order valence-electron chi connectivity index (χ2n) is 4.02. The third kappa shape index (κ3) is 3.30. The van der Waals surface area contributed by atoms with Crippen molar-refractivity contribution in [3.8, 4) is 5.88 Å². The van der Waals surface area contributed by atoms with Gasteiger partial charge in [-0.15, -0.1) is 0 Å². The van der Waals surface area contributed by atoms with E-state index in [1.54, 1.807) is 6.92 Å². The van der Waals surface area contributed by atoms with Crippen LogP contribution in [0.2, 0.25) is 0 Å². The number of rotatable bonds is 6. The number of anilines is 1. The topological polar surface area (TPSA) is 84.3 Å². The first-order valence-electron chi connectivity index (χ1n) is 5.35. The Kier molecular flexibility index (Phi) is 4.25. The van der Waals surface area contributed by atoms with Gasteiger partial charge < -0.3 is 15.2 Å². The van der Waals surface area contributed by atoms with Gasteiger partial charge in [0.25, 0.3) is 0 Å². The molecule has 0 aliphatic rings. The van der Waals surface area contributed by atoms with Crippen LogP contribution in [0.25, 0.3) is 0 Å². The molecule has 0 aliphatic carbocycles. The maximum atomic E-state index is 11.1. The molecule has 0 fully saturated rings. The van der Waals surface area contributed by atoms with E-state index < -0.39 is 11.4 Å². The fraction of sp³-hybridized carbons (Fsp3) is 0.545. The van der Waals surface area contributed by atoms with Crippen LogP contribution >= 0.6 is 0 Å². The number of carboxylic acids is 1. The predicted octanol–water partition coefficient (Wildman–Crippen LogP) is 1.40. The molecule has 1 heterocycles. The third-order valence-electron chi connectivity index (χ3n) is 2.78. The number of nitrogens with one attached hydrogen (secondary N) is 1. The zero-order valence-corrected chi connectivity index (χ0v) is 10.2. The summed E-state index contributed by atoms with van der Waals surface area (Å²) in [7, 11) is 1.50. The lowest BCUT2D eigenvalue weighted by molar-refractivity contribution is -0.147. The summed E-state index contributed by atoms with van der Waals surface area (Å²) in [4.78, 5) is 19.1. The normalized spacial score (nSPS) is 13.8. The van der Waals surface area contributed by atoms with Crippen LogP contribution in [0, 0.1) is 5.41 Å². The third-order valence-corrected chi connectivity index (χ3v) is 2.78. The van der Waals surface area contributed by atoms with Crippen molar-refractivity contribution < 1.29 is 14.6 Å². The van der Waals surface area contributed by atoms with E-state index >= 15 is 0 Å². The molecule has 0 radical (unpaired) electrons. The molecule has 0 aliphatic heterocycles. The van der Waals surface area contributed by atoms with Gasteiger partial charge in [0.1, 0.15) is 5.82 Å². The number of carbonyl (C=O) groups is 1. The first-order valence-corrected chi connectivity index (χ1v) is 5.35. The van der Waals surface area contributed by atoms with E-state index in [-0.39, 0.29) is 0 Å². The van der Waals surface area contributed by atoms with E-state index in [0.717, 1.165) is 0 Å². The molecule has 6 heteroatoms. The molecule has 1 rings (SSSR count). The number of methoxy groups -OCH3 is 1. The van der Waals surface area contributed by atoms with Crippen LogP contribution in [0.15, 0.2) is 12.4 Å². The molecule has 2 N–H and O–H groups in total. The Hall–Kier alpha value is -1.85. The summed E-state index contributed by atoms with van der Waals surface area (Å²) < 4.78 is 4.93. The maximum absolute atomic E-state index is 11.1. The van der Waals surface area contributed by atoms with Crippen molar-refractivity contribution >= 4 is 11.8 Å². The molecule has 1 aromatic rings. The molecule has 17 heavy (non-hydrogen) atoms. The molecule has 0 amide bonds. The Morgan fingerprint density at radius 3 is 2.82 bits per heavy atom. The molecule has 1 unspecified atom stereocenters. The quantitative estimate of drug-likeness (QED) is 0.780. The highest BCUT2D eigenvalue weighted by Crippen LogP contribution is 2.22. The largest absolute Gasteiger partial charge is 0.481 e. The Morgan fingerprint density at radius 2 is 2.29 bits per heavy atom. The molecule has 1 aromatic heterocycles. The summed E-state index contributed by atoms with van der Waals surface area (Å²) in [6, 6.07) is 0. The van der Waals surface area contributed by atoms with Gasteiger partial charge in [-0.2, -0.15) is 4.98 Å². The van der Waals surface area contributed by atoms with E-state index in [9.17, 15) is 4.79 Å². The summed E-state index contributed by atoms with van der Waals surface area (Å²) >= 11 is 0. The molecular formula is C11H17N3O3. The van der Waals surface area contributed by atoms with Crippen molar-refractivity contribution in [3.05, 3.63) is 12.4 Å². The number of carboxylic acid groups (broad SMARTS) is 1. The maximum Gasteiger partial charge on any atom is 0.311 e. The first-order chi connectivity index (χ1) is 8.01. The van der Waals surface area contributed by atoms with Gasteiger partial charge in [-0.05, 0) is 13.3 Å². The fourth-order valence-corrected chi connectivity index (χ4v) is 1.17. The van der Waals surface area contributed by atoms with Gasteiger partial charge >= 0.3 is 5.97 Å². The Labute approximate surface area is 100 Å². The first kappa shape index (κ1) is 13.2. The van der Waals surface area contributed by atoms with Gasteiger partial charge in [0, 0.05) is 6.54 Å². The number of hydrogen-bond acceptors (Lipinski definition) is 5. The Morgan fingerprint density at radius 1 is 1.59 bits per heavy atom. The van der Waals surface area contributed by atoms with E-state index in [2.05, 4.69) is 15.3 Å². The van der Waals surface area contributed by atoms with Gasteiger partial charge in [0.05, 0.1) is 24.9 Å². The van der Waals surface area contributed by atoms with Crippen LogP contribution in [0.4, 0.5) is 5.82 Å². The highest BCUT2D eigenvalue weighted by atomic mass is 16.5. The van der Waals surface area contributed by atoms with Crippen LogP contribution in [0.5, 0.6) is 5.88 Å². The molecule has 0 bridgehead atoms. The molecular weight excluding hydrogens is 222 g/mol. The minimum Gasteiger partial charge on any atom is -0.481 e. The number of aliphatic carboxylic acids is 1. The van der Waals surface area contributed by atoms with Gasteiger partial charge in [0.2, 0.25) is 5.88 Å². The fourth-order valence-electron chi connectivity index (χ4n) is 1.17. The number of nitrogens with zero attached hydrogens (tertiary/aromatic N) is 2. The second kappa shape index (κ2) is 5.47. The monoisotopic (exact) mass is 239 g/mol. The standard InChI is InChI=1S/C11H17N3O3/c1-4-11(2,10(15)16)7-13-8-5-12-6-9(14-8)17-3/h5-6H,4,7H2,1-3H3,(H,13,14)(H,15,16). The SMILES string of the molecule is CCC(C)(CNc1cncc(OC)n1)C(=O)O. The minimum atomic E-state index is -0.830. The number of hydrogen-bond donors (Lipinski definition) is 2. The van der Waals surface area contributed by atoms with Crippen LogP contribution in [0.1, 0.15) is 20.3 Å². The lowest BCUT2D eigenvalue weighted by Crippen LogP contribution is -2.34. The van der Waals surface area contributed by atoms with Crippen molar-refractivity contribution in [2.75, 3.05) is 19.0 Å². The second-order valence-corrected chi connectivity index (χ2v) is 4.02. The van der Waals surface area contributed by atoms with E-state index in [4.69, 9.17) is 9.84 Å². The van der Waals surface area contributed by atoms with Crippen molar-refractivity contribution in [3.63, 3.8) is 0 Å². The van der Waals surface area contributed by atoms with Gasteiger partial charge in [-0.25, -0.2) is 0 Å². The van der Waals surface area contributed by atoms with Crippen LogP contribution < -0.4 is 10.1 Å². The van der Waals surface area contributed by atoms with Crippen molar-refractivity contribution in [1.82, 2.24) is 9.97 Å². The van der Waals surface area contributed by atoms with Gasteiger partial charge in [-0.1, -0.05) is 6.92 Å².